The molecule has 21 heavy (non-hydrogen) atoms. The summed E-state index contributed by atoms with van der Waals surface area (Å²) in [5, 5.41) is 4.85. The van der Waals surface area contributed by atoms with Gasteiger partial charge in [0.1, 0.15) is 0 Å². The lowest BCUT2D eigenvalue weighted by molar-refractivity contribution is 0.160. The van der Waals surface area contributed by atoms with E-state index in [1.165, 1.54) is 70.2 Å². The average Bonchev–Trinajstić information content (AvgIpc) is 2.97. The van der Waals surface area contributed by atoms with Crippen LogP contribution in [0.15, 0.2) is 12.3 Å². The number of aromatic nitrogens is 2. The number of nitrogens with two attached hydrogens (primary N) is 1. The Morgan fingerprint density at radius 3 is 2.81 bits per heavy atom. The van der Waals surface area contributed by atoms with Crippen molar-refractivity contribution in [1.29, 1.82) is 0 Å². The molecule has 1 aliphatic heterocycles. The van der Waals surface area contributed by atoms with Gasteiger partial charge in [-0.15, -0.1) is 0 Å². The van der Waals surface area contributed by atoms with Crippen molar-refractivity contribution in [2.24, 2.45) is 11.7 Å². The molecule has 1 saturated heterocycles. The number of hydrogen-bond acceptors (Lipinski definition) is 3. The first-order valence-electron chi connectivity index (χ1n) is 8.81. The van der Waals surface area contributed by atoms with Gasteiger partial charge in [0.25, 0.3) is 0 Å². The molecule has 118 valence electrons. The van der Waals surface area contributed by atoms with Crippen LogP contribution in [0.2, 0.25) is 0 Å². The van der Waals surface area contributed by atoms with Gasteiger partial charge in [0, 0.05) is 19.3 Å². The molecule has 4 nitrogen and oxygen atoms in total. The SMILES string of the molecule is NCCC1CCCN(Cc2ccn(C3CCCCC3)n2)C1. The summed E-state index contributed by atoms with van der Waals surface area (Å²) in [5.41, 5.74) is 6.95. The predicted molar refractivity (Wildman–Crippen MR) is 86.0 cm³/mol. The third-order valence-electron chi connectivity index (χ3n) is 5.18. The van der Waals surface area contributed by atoms with E-state index < -0.39 is 0 Å². The van der Waals surface area contributed by atoms with E-state index in [2.05, 4.69) is 21.8 Å². The van der Waals surface area contributed by atoms with Gasteiger partial charge in [-0.05, 0) is 57.2 Å². The van der Waals surface area contributed by atoms with Crippen molar-refractivity contribution in [3.05, 3.63) is 18.0 Å². The maximum Gasteiger partial charge on any atom is 0.0764 e. The third-order valence-corrected chi connectivity index (χ3v) is 5.18. The second-order valence-electron chi connectivity index (χ2n) is 6.90. The second-order valence-corrected chi connectivity index (χ2v) is 6.90. The molecule has 1 saturated carbocycles. The van der Waals surface area contributed by atoms with Crippen LogP contribution in [0.3, 0.4) is 0 Å². The summed E-state index contributed by atoms with van der Waals surface area (Å²) in [7, 11) is 0. The van der Waals surface area contributed by atoms with Crippen molar-refractivity contribution in [2.45, 2.75) is 64.0 Å². The lowest BCUT2D eigenvalue weighted by Crippen LogP contribution is -2.35. The summed E-state index contributed by atoms with van der Waals surface area (Å²) in [6.45, 7) is 4.26. The van der Waals surface area contributed by atoms with E-state index in [0.29, 0.717) is 6.04 Å². The molecule has 2 aliphatic rings. The van der Waals surface area contributed by atoms with E-state index >= 15 is 0 Å². The molecule has 0 radical (unpaired) electrons. The molecule has 0 amide bonds. The molecule has 3 rings (SSSR count). The molecular formula is C17H30N4. The fourth-order valence-electron chi connectivity index (χ4n) is 4.01. The fraction of sp³-hybridized carbons (Fsp3) is 0.824. The third kappa shape index (κ3) is 4.07. The van der Waals surface area contributed by atoms with E-state index in [1.54, 1.807) is 0 Å². The van der Waals surface area contributed by atoms with Crippen LogP contribution >= 0.6 is 0 Å². The molecule has 1 aromatic rings. The Morgan fingerprint density at radius 1 is 1.14 bits per heavy atom. The summed E-state index contributed by atoms with van der Waals surface area (Å²) in [6.07, 6.45) is 12.8. The van der Waals surface area contributed by atoms with Crippen LogP contribution in [0.25, 0.3) is 0 Å². The minimum Gasteiger partial charge on any atom is -0.330 e. The van der Waals surface area contributed by atoms with Crippen LogP contribution in [-0.2, 0) is 6.54 Å². The summed E-state index contributed by atoms with van der Waals surface area (Å²) < 4.78 is 2.23. The van der Waals surface area contributed by atoms with Crippen LogP contribution in [0.5, 0.6) is 0 Å². The molecule has 1 unspecified atom stereocenters. The predicted octanol–water partition coefficient (Wildman–Crippen LogP) is 2.95. The smallest absolute Gasteiger partial charge is 0.0764 e. The van der Waals surface area contributed by atoms with Gasteiger partial charge in [0.15, 0.2) is 0 Å². The minimum absolute atomic E-state index is 0.652. The minimum atomic E-state index is 0.652. The van der Waals surface area contributed by atoms with Crippen LogP contribution in [0, 0.1) is 5.92 Å². The Morgan fingerprint density at radius 2 is 2.00 bits per heavy atom. The summed E-state index contributed by atoms with van der Waals surface area (Å²) in [4.78, 5) is 2.57. The highest BCUT2D eigenvalue weighted by atomic mass is 15.3. The van der Waals surface area contributed by atoms with Crippen LogP contribution in [0.1, 0.15) is 63.1 Å². The van der Waals surface area contributed by atoms with Crippen molar-refractivity contribution in [3.63, 3.8) is 0 Å². The standard InChI is InChI=1S/C17H30N4/c18-10-8-15-5-4-11-20(13-15)14-16-9-12-21(19-16)17-6-2-1-3-7-17/h9,12,15,17H,1-8,10-11,13-14,18H2. The molecule has 0 bridgehead atoms. The van der Waals surface area contributed by atoms with Gasteiger partial charge < -0.3 is 5.73 Å². The lowest BCUT2D eigenvalue weighted by atomic mass is 9.95. The van der Waals surface area contributed by atoms with Gasteiger partial charge in [-0.2, -0.15) is 5.10 Å². The molecular weight excluding hydrogens is 260 g/mol. The maximum atomic E-state index is 5.71. The van der Waals surface area contributed by atoms with E-state index in [1.807, 2.05) is 0 Å². The zero-order valence-electron chi connectivity index (χ0n) is 13.2. The first kappa shape index (κ1) is 15.0. The highest BCUT2D eigenvalue weighted by Crippen LogP contribution is 2.27. The number of hydrogen-bond donors (Lipinski definition) is 1. The fourth-order valence-corrected chi connectivity index (χ4v) is 4.01. The Labute approximate surface area is 128 Å². The quantitative estimate of drug-likeness (QED) is 0.907. The monoisotopic (exact) mass is 290 g/mol. The van der Waals surface area contributed by atoms with Crippen LogP contribution in [-0.4, -0.2) is 34.3 Å². The number of piperidine rings is 1. The van der Waals surface area contributed by atoms with Gasteiger partial charge in [-0.3, -0.25) is 9.58 Å². The molecule has 1 aliphatic carbocycles. The molecule has 4 heteroatoms. The number of likely N-dealkylation sites (tertiary alicyclic amines) is 1. The Hall–Kier alpha value is -0.870. The Kier molecular flexibility index (Phi) is 5.31. The van der Waals surface area contributed by atoms with Crippen molar-refractivity contribution < 1.29 is 0 Å². The zero-order valence-corrected chi connectivity index (χ0v) is 13.2. The normalized spacial score (nSPS) is 25.3. The van der Waals surface area contributed by atoms with Crippen molar-refractivity contribution in [2.75, 3.05) is 19.6 Å². The summed E-state index contributed by atoms with van der Waals surface area (Å²) >= 11 is 0. The molecule has 2 heterocycles. The molecule has 1 atom stereocenters. The highest BCUT2D eigenvalue weighted by molar-refractivity contribution is 5.00. The topological polar surface area (TPSA) is 47.1 Å². The van der Waals surface area contributed by atoms with Gasteiger partial charge in [0.05, 0.1) is 11.7 Å². The second kappa shape index (κ2) is 7.41. The van der Waals surface area contributed by atoms with E-state index in [4.69, 9.17) is 10.8 Å². The average molecular weight is 290 g/mol. The van der Waals surface area contributed by atoms with E-state index in [-0.39, 0.29) is 0 Å². The van der Waals surface area contributed by atoms with Crippen molar-refractivity contribution >= 4 is 0 Å². The van der Waals surface area contributed by atoms with E-state index in [0.717, 1.165) is 19.0 Å². The number of nitrogens with zero attached hydrogens (tertiary/aromatic N) is 3. The molecule has 0 spiro atoms. The van der Waals surface area contributed by atoms with Gasteiger partial charge >= 0.3 is 0 Å². The largest absolute Gasteiger partial charge is 0.330 e. The van der Waals surface area contributed by atoms with Gasteiger partial charge in [-0.1, -0.05) is 19.3 Å². The highest BCUT2D eigenvalue weighted by Gasteiger charge is 2.21. The Balaban J connectivity index is 1.54. The molecule has 0 aromatic carbocycles. The Bertz CT molecular complexity index is 420. The lowest BCUT2D eigenvalue weighted by Gasteiger charge is -2.32. The van der Waals surface area contributed by atoms with Crippen molar-refractivity contribution in [3.8, 4) is 0 Å². The van der Waals surface area contributed by atoms with Crippen LogP contribution < -0.4 is 5.73 Å². The summed E-state index contributed by atoms with van der Waals surface area (Å²) in [5.74, 6) is 0.796. The first-order chi connectivity index (χ1) is 10.3. The molecule has 2 fully saturated rings. The number of rotatable bonds is 5. The van der Waals surface area contributed by atoms with E-state index in [9.17, 15) is 0 Å². The van der Waals surface area contributed by atoms with Crippen LogP contribution in [0.4, 0.5) is 0 Å². The maximum absolute atomic E-state index is 5.71. The summed E-state index contributed by atoms with van der Waals surface area (Å²) in [6, 6.07) is 2.88. The van der Waals surface area contributed by atoms with Gasteiger partial charge in [-0.25, -0.2) is 0 Å². The first-order valence-corrected chi connectivity index (χ1v) is 8.81. The van der Waals surface area contributed by atoms with Gasteiger partial charge in [0.2, 0.25) is 0 Å². The van der Waals surface area contributed by atoms with Crippen molar-refractivity contribution in [1.82, 2.24) is 14.7 Å². The zero-order chi connectivity index (χ0) is 14.5. The molecule has 2 N–H and O–H groups in total. The molecule has 1 aromatic heterocycles.